The van der Waals surface area contributed by atoms with Gasteiger partial charge in [-0.25, -0.2) is 19.0 Å². The van der Waals surface area contributed by atoms with Crippen LogP contribution in [0.4, 0.5) is 5.69 Å². The molecule has 6 rings (SSSR count). The summed E-state index contributed by atoms with van der Waals surface area (Å²) in [7, 11) is 1.94. The fraction of sp³-hybridized carbons (Fsp3) is 0.298. The van der Waals surface area contributed by atoms with Gasteiger partial charge in [0, 0.05) is 60.7 Å². The Kier molecular flexibility index (Phi) is 14.3. The molecule has 8 bridgehead atoms. The second-order valence-corrected chi connectivity index (χ2v) is 13.9. The Balaban J connectivity index is 1.55. The Labute approximate surface area is 344 Å². The summed E-state index contributed by atoms with van der Waals surface area (Å²) in [5.41, 5.74) is 7.05. The fourth-order valence-electron chi connectivity index (χ4n) is 6.96. The maximum atomic E-state index is 12.6. The Hall–Kier alpha value is -6.69. The molecule has 1 aliphatic rings. The smallest absolute Gasteiger partial charge is 0.344 e. The molecule has 0 spiro atoms. The number of hydrogen-bond acceptors (Lipinski definition) is 11. The number of nitrogens with zero attached hydrogens (tertiary/aromatic N) is 2. The molecule has 59 heavy (non-hydrogen) atoms. The Morgan fingerprint density at radius 3 is 1.25 bits per heavy atom. The van der Waals surface area contributed by atoms with Crippen LogP contribution in [-0.4, -0.2) is 68.9 Å². The van der Waals surface area contributed by atoms with Gasteiger partial charge in [-0.2, -0.15) is 0 Å². The number of ether oxygens (including phenoxy) is 6. The third kappa shape index (κ3) is 11.0. The average Bonchev–Trinajstić information content (AvgIpc) is 3.21. The predicted molar refractivity (Wildman–Crippen MR) is 220 cm³/mol. The molecular formula is C47H49N2O10+. The molecule has 5 aromatic rings. The number of aliphatic imine (C=N–C) groups is 1. The molecule has 0 saturated heterocycles. The summed E-state index contributed by atoms with van der Waals surface area (Å²) in [5.74, 6) is -0.0934. The summed E-state index contributed by atoms with van der Waals surface area (Å²) in [6.45, 7) is 4.82. The fourth-order valence-corrected chi connectivity index (χ4v) is 6.96. The number of hydrogen-bond donors (Lipinski definition) is 1. The second-order valence-electron chi connectivity index (χ2n) is 13.9. The third-order valence-electron chi connectivity index (χ3n) is 9.60. The number of pyridine rings is 1. The van der Waals surface area contributed by atoms with Gasteiger partial charge in [-0.3, -0.25) is 4.99 Å². The molecule has 0 amide bonds. The van der Waals surface area contributed by atoms with E-state index >= 15 is 0 Å². The van der Waals surface area contributed by atoms with E-state index in [2.05, 4.69) is 0 Å². The van der Waals surface area contributed by atoms with Gasteiger partial charge < -0.3 is 33.5 Å². The number of carbonyl (C=O) groups excluding carboxylic acids is 3. The summed E-state index contributed by atoms with van der Waals surface area (Å²) in [6, 6.07) is 24.7. The van der Waals surface area contributed by atoms with E-state index in [0.717, 1.165) is 27.8 Å². The van der Waals surface area contributed by atoms with Crippen LogP contribution in [0.3, 0.4) is 0 Å². The van der Waals surface area contributed by atoms with Crippen molar-refractivity contribution in [2.24, 2.45) is 12.0 Å². The number of esters is 3. The first-order chi connectivity index (χ1) is 28.6. The molecular weight excluding hydrogens is 753 g/mol. The van der Waals surface area contributed by atoms with Crippen LogP contribution >= 0.6 is 0 Å². The number of aryl methyl sites for hydroxylation is 1. The number of phenolic OH excluding ortho intramolecular Hbond substituents is 1. The zero-order valence-corrected chi connectivity index (χ0v) is 33.8. The number of para-hydroxylation sites is 3. The van der Waals surface area contributed by atoms with Crippen molar-refractivity contribution in [2.75, 3.05) is 39.6 Å². The Bertz CT molecular complexity index is 2200. The van der Waals surface area contributed by atoms with Gasteiger partial charge in [0.25, 0.3) is 0 Å². The van der Waals surface area contributed by atoms with Crippen molar-refractivity contribution >= 4 is 29.8 Å². The van der Waals surface area contributed by atoms with Gasteiger partial charge in [-0.15, -0.1) is 0 Å². The number of carbonyl (C=O) groups is 3. The first-order valence-electron chi connectivity index (χ1n) is 19.7. The molecule has 0 fully saturated rings. The molecule has 1 heterocycles. The van der Waals surface area contributed by atoms with E-state index in [1.807, 2.05) is 103 Å². The van der Waals surface area contributed by atoms with Crippen molar-refractivity contribution in [1.82, 2.24) is 0 Å². The number of phenols is 1. The highest BCUT2D eigenvalue weighted by atomic mass is 16.6. The molecule has 1 aromatic heterocycles. The molecule has 1 aliphatic carbocycles. The van der Waals surface area contributed by atoms with E-state index in [0.29, 0.717) is 58.0 Å². The lowest BCUT2D eigenvalue weighted by Gasteiger charge is -2.21. The van der Waals surface area contributed by atoms with E-state index in [-0.39, 0.29) is 58.2 Å². The molecule has 4 aromatic carbocycles. The van der Waals surface area contributed by atoms with Crippen LogP contribution in [0.2, 0.25) is 0 Å². The molecule has 0 aliphatic heterocycles. The summed E-state index contributed by atoms with van der Waals surface area (Å²) in [5, 5.41) is 12.1. The monoisotopic (exact) mass is 801 g/mol. The topological polar surface area (TPSA) is 143 Å². The van der Waals surface area contributed by atoms with E-state index < -0.39 is 17.9 Å². The van der Waals surface area contributed by atoms with Crippen LogP contribution in [0.25, 0.3) is 0 Å². The maximum absolute atomic E-state index is 12.6. The van der Waals surface area contributed by atoms with Gasteiger partial charge in [0.05, 0.1) is 25.5 Å². The van der Waals surface area contributed by atoms with Gasteiger partial charge >= 0.3 is 17.9 Å². The lowest BCUT2D eigenvalue weighted by Crippen LogP contribution is -2.25. The van der Waals surface area contributed by atoms with Crippen molar-refractivity contribution in [1.29, 1.82) is 0 Å². The lowest BCUT2D eigenvalue weighted by atomic mass is 9.91. The van der Waals surface area contributed by atoms with Crippen molar-refractivity contribution in [3.05, 3.63) is 141 Å². The first-order valence-corrected chi connectivity index (χ1v) is 19.7. The Morgan fingerprint density at radius 2 is 0.915 bits per heavy atom. The van der Waals surface area contributed by atoms with Crippen molar-refractivity contribution in [3.63, 3.8) is 0 Å². The van der Waals surface area contributed by atoms with Crippen molar-refractivity contribution in [2.45, 2.75) is 46.5 Å². The predicted octanol–water partition coefficient (Wildman–Crippen LogP) is 6.47. The Morgan fingerprint density at radius 1 is 0.576 bits per heavy atom. The van der Waals surface area contributed by atoms with Crippen LogP contribution < -0.4 is 18.8 Å². The summed E-state index contributed by atoms with van der Waals surface area (Å²) in [4.78, 5) is 42.8. The quantitative estimate of drug-likeness (QED) is 0.0564. The minimum atomic E-state index is -0.519. The molecule has 0 saturated carbocycles. The second kappa shape index (κ2) is 20.1. The van der Waals surface area contributed by atoms with Gasteiger partial charge in [0.15, 0.2) is 32.2 Å². The van der Waals surface area contributed by atoms with Crippen molar-refractivity contribution in [3.8, 4) is 23.0 Å². The lowest BCUT2D eigenvalue weighted by molar-refractivity contribution is -0.671. The number of benzene rings is 4. The number of aromatic hydroxyl groups is 1. The van der Waals surface area contributed by atoms with E-state index in [9.17, 15) is 19.5 Å². The van der Waals surface area contributed by atoms with Gasteiger partial charge in [-0.05, 0) is 66.3 Å². The molecule has 12 heteroatoms. The highest BCUT2D eigenvalue weighted by Crippen LogP contribution is 2.40. The minimum absolute atomic E-state index is 0.0612. The van der Waals surface area contributed by atoms with Crippen LogP contribution in [0.15, 0.2) is 96.2 Å². The summed E-state index contributed by atoms with van der Waals surface area (Å²) >= 11 is 0. The van der Waals surface area contributed by atoms with Gasteiger partial charge in [0.1, 0.15) is 30.0 Å². The average molecular weight is 802 g/mol. The molecule has 0 atom stereocenters. The molecule has 306 valence electrons. The largest absolute Gasteiger partial charge is 0.507 e. The summed E-state index contributed by atoms with van der Waals surface area (Å²) < 4.78 is 36.4. The highest BCUT2D eigenvalue weighted by Gasteiger charge is 2.23. The first kappa shape index (κ1) is 41.9. The van der Waals surface area contributed by atoms with E-state index in [4.69, 9.17) is 33.4 Å². The number of rotatable bonds is 14. The number of fused-ring (bicyclic) bond motifs is 8. The summed E-state index contributed by atoms with van der Waals surface area (Å²) in [6.07, 6.45) is 6.66. The standard InChI is InChI=1S/C47H48N2O10/c1-5-54-41(50)28-57-45-32-11-8-12-33(45)22-35-14-10-16-37(47(35)59-30-43(52)56-7-3)24-39-26-40(48-27-31-17-19-49(4)20-18-31)25-38(44(39)53)23-36-15-9-13-34(21-32)46(36)58-29-42(51)55-6-2/h8-20,25-27H,5-7,21-24,28-30H2,1-4H3/p+1. The van der Waals surface area contributed by atoms with E-state index in [1.165, 1.54) is 0 Å². The normalized spacial score (nSPS) is 12.1. The van der Waals surface area contributed by atoms with Crippen LogP contribution in [0, 0.1) is 0 Å². The van der Waals surface area contributed by atoms with Crippen molar-refractivity contribution < 1.29 is 52.5 Å². The van der Waals surface area contributed by atoms with Gasteiger partial charge in [-0.1, -0.05) is 54.6 Å². The van der Waals surface area contributed by atoms with Gasteiger partial charge in [0.2, 0.25) is 0 Å². The minimum Gasteiger partial charge on any atom is -0.507 e. The highest BCUT2D eigenvalue weighted by molar-refractivity contribution is 5.82. The zero-order chi connectivity index (χ0) is 41.7. The van der Waals surface area contributed by atoms with Crippen LogP contribution in [0.1, 0.15) is 70.8 Å². The zero-order valence-electron chi connectivity index (χ0n) is 33.8. The maximum Gasteiger partial charge on any atom is 0.344 e. The molecule has 0 unspecified atom stereocenters. The van der Waals surface area contributed by atoms with E-state index in [1.54, 1.807) is 27.0 Å². The SMILES string of the molecule is CCOC(=O)COc1c2cccc1Cc1cccc(c1OCC(=O)OCC)Cc1cccc(c1OCC(=O)OCC)Cc1cc(N=Cc3cc[n+](C)cc3)cc(c1O)C2. The molecule has 1 N–H and O–H groups in total. The van der Waals surface area contributed by atoms with Crippen LogP contribution in [0.5, 0.6) is 23.0 Å². The molecule has 0 radical (unpaired) electrons. The third-order valence-corrected chi connectivity index (χ3v) is 9.60. The number of aromatic nitrogens is 1. The molecule has 12 nitrogen and oxygen atoms in total. The van der Waals surface area contributed by atoms with Crippen LogP contribution in [-0.2, 0) is 61.3 Å².